The van der Waals surface area contributed by atoms with Crippen LogP contribution in [0.5, 0.6) is 0 Å². The largest absolute Gasteiger partial charge is 0.379 e. The van der Waals surface area contributed by atoms with Crippen molar-refractivity contribution in [3.8, 4) is 0 Å². The molecule has 5 nitrogen and oxygen atoms in total. The van der Waals surface area contributed by atoms with Crippen LogP contribution in [0, 0.1) is 0 Å². The maximum absolute atomic E-state index is 5.80. The van der Waals surface area contributed by atoms with Crippen LogP contribution in [-0.2, 0) is 18.9 Å². The third kappa shape index (κ3) is 28.0. The Labute approximate surface area is 213 Å². The molecule has 0 saturated heterocycles. The first-order valence-electron chi connectivity index (χ1n) is 14.6. The quantitative estimate of drug-likeness (QED) is 0.0876. The van der Waals surface area contributed by atoms with Crippen molar-refractivity contribution >= 4 is 0 Å². The molecule has 0 heterocycles. The normalized spacial score (nSPS) is 13.0. The molecule has 1 atom stereocenters. The lowest BCUT2D eigenvalue weighted by atomic mass is 10.0. The summed E-state index contributed by atoms with van der Waals surface area (Å²) >= 11 is 0. The molecule has 206 valence electrons. The van der Waals surface area contributed by atoms with Crippen LogP contribution in [0.4, 0.5) is 0 Å². The van der Waals surface area contributed by atoms with E-state index in [4.69, 9.17) is 18.9 Å². The van der Waals surface area contributed by atoms with Crippen molar-refractivity contribution in [2.45, 2.75) is 116 Å². The molecule has 0 aliphatic heterocycles. The number of unbranched alkanes of at least 4 members (excludes halogenated alkanes) is 15. The molecule has 0 spiro atoms. The average molecular weight is 489 g/mol. The minimum Gasteiger partial charge on any atom is -0.379 e. The van der Waals surface area contributed by atoms with Gasteiger partial charge in [-0.3, -0.25) is 0 Å². The third-order valence-electron chi connectivity index (χ3n) is 6.36. The first kappa shape index (κ1) is 33.8. The van der Waals surface area contributed by atoms with Gasteiger partial charge in [0.2, 0.25) is 0 Å². The molecular weight excluding hydrogens is 426 g/mol. The fraction of sp³-hybridized carbons (Fsp3) is 1.00. The van der Waals surface area contributed by atoms with Crippen molar-refractivity contribution < 1.29 is 23.4 Å². The number of hydrogen-bond donors (Lipinski definition) is 0. The van der Waals surface area contributed by atoms with E-state index in [1.54, 1.807) is 7.11 Å². The van der Waals surface area contributed by atoms with E-state index in [1.807, 2.05) is 0 Å². The van der Waals surface area contributed by atoms with Crippen LogP contribution in [0.15, 0.2) is 0 Å². The average Bonchev–Trinajstić information content (AvgIpc) is 2.80. The summed E-state index contributed by atoms with van der Waals surface area (Å²) < 4.78 is 23.5. The Morgan fingerprint density at radius 2 is 0.912 bits per heavy atom. The third-order valence-corrected chi connectivity index (χ3v) is 6.36. The van der Waals surface area contributed by atoms with E-state index in [2.05, 4.69) is 28.1 Å². The zero-order valence-electron chi connectivity index (χ0n) is 23.9. The van der Waals surface area contributed by atoms with Crippen molar-refractivity contribution in [2.75, 3.05) is 74.4 Å². The molecule has 0 rings (SSSR count). The number of quaternary nitrogens is 1. The number of nitrogens with zero attached hydrogens (tertiary/aromatic N) is 1. The molecule has 0 bridgehead atoms. The smallest absolute Gasteiger partial charge is 0.104 e. The SMILES string of the molecule is CCCCCCCCCCCCCCCCCCOCC(COCCOCC[N+](C)(C)C)OC. The van der Waals surface area contributed by atoms with Crippen molar-refractivity contribution in [1.82, 2.24) is 0 Å². The Morgan fingerprint density at radius 3 is 1.35 bits per heavy atom. The van der Waals surface area contributed by atoms with Gasteiger partial charge in [-0.15, -0.1) is 0 Å². The lowest BCUT2D eigenvalue weighted by Crippen LogP contribution is -2.37. The van der Waals surface area contributed by atoms with E-state index in [9.17, 15) is 0 Å². The number of methoxy groups -OCH3 is 1. The van der Waals surface area contributed by atoms with Crippen molar-refractivity contribution in [3.05, 3.63) is 0 Å². The van der Waals surface area contributed by atoms with Gasteiger partial charge in [0, 0.05) is 13.7 Å². The van der Waals surface area contributed by atoms with Crippen molar-refractivity contribution in [3.63, 3.8) is 0 Å². The Bertz CT molecular complexity index is 387. The van der Waals surface area contributed by atoms with Crippen LogP contribution in [0.1, 0.15) is 110 Å². The molecule has 1 unspecified atom stereocenters. The summed E-state index contributed by atoms with van der Waals surface area (Å²) in [6, 6.07) is 0. The molecule has 34 heavy (non-hydrogen) atoms. The highest BCUT2D eigenvalue weighted by molar-refractivity contribution is 4.55. The second-order valence-corrected chi connectivity index (χ2v) is 10.9. The molecule has 5 heteroatoms. The van der Waals surface area contributed by atoms with E-state index >= 15 is 0 Å². The summed E-state index contributed by atoms with van der Waals surface area (Å²) in [5.41, 5.74) is 0. The van der Waals surface area contributed by atoms with E-state index in [0.717, 1.165) is 30.7 Å². The molecule has 0 radical (unpaired) electrons. The summed E-state index contributed by atoms with van der Waals surface area (Å²) in [6.07, 6.45) is 22.3. The molecule has 0 aromatic rings. The van der Waals surface area contributed by atoms with E-state index in [-0.39, 0.29) is 6.10 Å². The molecule has 0 amide bonds. The Kier molecular flexibility index (Phi) is 25.7. The highest BCUT2D eigenvalue weighted by atomic mass is 16.6. The Hall–Kier alpha value is -0.200. The molecule has 0 N–H and O–H groups in total. The monoisotopic (exact) mass is 488 g/mol. The van der Waals surface area contributed by atoms with Gasteiger partial charge < -0.3 is 23.4 Å². The summed E-state index contributed by atoms with van der Waals surface area (Å²) in [5.74, 6) is 0. The number of ether oxygens (including phenoxy) is 4. The number of hydrogen-bond acceptors (Lipinski definition) is 4. The predicted octanol–water partition coefficient (Wildman–Crippen LogP) is 7.02. The molecule has 0 aliphatic carbocycles. The lowest BCUT2D eigenvalue weighted by molar-refractivity contribution is -0.870. The van der Waals surface area contributed by atoms with Crippen LogP contribution < -0.4 is 0 Å². The van der Waals surface area contributed by atoms with Gasteiger partial charge in [0.05, 0.1) is 54.2 Å². The fourth-order valence-electron chi connectivity index (χ4n) is 3.92. The van der Waals surface area contributed by atoms with Gasteiger partial charge in [-0.05, 0) is 6.42 Å². The Balaban J connectivity index is 3.27. The minimum absolute atomic E-state index is 0.00676. The molecule has 0 fully saturated rings. The molecule has 0 aliphatic rings. The maximum Gasteiger partial charge on any atom is 0.104 e. The highest BCUT2D eigenvalue weighted by Crippen LogP contribution is 2.13. The number of likely N-dealkylation sites (N-methyl/N-ethyl adjacent to an activating group) is 1. The fourth-order valence-corrected chi connectivity index (χ4v) is 3.92. The second-order valence-electron chi connectivity index (χ2n) is 10.9. The van der Waals surface area contributed by atoms with E-state index in [1.165, 1.54) is 96.3 Å². The van der Waals surface area contributed by atoms with Crippen molar-refractivity contribution in [2.24, 2.45) is 0 Å². The lowest BCUT2D eigenvalue weighted by Gasteiger charge is -2.23. The second kappa shape index (κ2) is 25.9. The van der Waals surface area contributed by atoms with Gasteiger partial charge in [0.25, 0.3) is 0 Å². The minimum atomic E-state index is 0.00676. The molecule has 0 aromatic carbocycles. The van der Waals surface area contributed by atoms with Gasteiger partial charge in [0.15, 0.2) is 0 Å². The van der Waals surface area contributed by atoms with Crippen LogP contribution in [0.2, 0.25) is 0 Å². The maximum atomic E-state index is 5.80. The Morgan fingerprint density at radius 1 is 0.500 bits per heavy atom. The first-order valence-corrected chi connectivity index (χ1v) is 14.6. The van der Waals surface area contributed by atoms with Crippen LogP contribution in [0.3, 0.4) is 0 Å². The van der Waals surface area contributed by atoms with Crippen LogP contribution >= 0.6 is 0 Å². The topological polar surface area (TPSA) is 36.9 Å². The summed E-state index contributed by atoms with van der Waals surface area (Å²) in [4.78, 5) is 0. The van der Waals surface area contributed by atoms with Gasteiger partial charge in [0.1, 0.15) is 12.6 Å². The molecular formula is C29H62NO4+. The van der Waals surface area contributed by atoms with E-state index < -0.39 is 0 Å². The first-order chi connectivity index (χ1) is 16.5. The number of rotatable bonds is 28. The van der Waals surface area contributed by atoms with Crippen LogP contribution in [0.25, 0.3) is 0 Å². The highest BCUT2D eigenvalue weighted by Gasteiger charge is 2.08. The molecule has 0 aromatic heterocycles. The van der Waals surface area contributed by atoms with Gasteiger partial charge in [-0.2, -0.15) is 0 Å². The summed E-state index contributed by atoms with van der Waals surface area (Å²) in [7, 11) is 8.23. The van der Waals surface area contributed by atoms with Gasteiger partial charge in [-0.1, -0.05) is 103 Å². The van der Waals surface area contributed by atoms with Gasteiger partial charge in [-0.25, -0.2) is 0 Å². The summed E-state index contributed by atoms with van der Waals surface area (Å²) in [6.45, 7) is 7.31. The van der Waals surface area contributed by atoms with Gasteiger partial charge >= 0.3 is 0 Å². The standard InChI is InChI=1S/C29H62NO4/c1-6-7-8-9-10-11-12-13-14-15-16-17-18-19-20-21-23-33-27-29(31-5)28-34-26-25-32-24-22-30(2,3)4/h29H,6-28H2,1-5H3/q+1. The summed E-state index contributed by atoms with van der Waals surface area (Å²) in [5, 5.41) is 0. The predicted molar refractivity (Wildman–Crippen MR) is 146 cm³/mol. The zero-order chi connectivity index (χ0) is 25.2. The van der Waals surface area contributed by atoms with Crippen LogP contribution in [-0.4, -0.2) is 85.0 Å². The van der Waals surface area contributed by atoms with Crippen molar-refractivity contribution in [1.29, 1.82) is 0 Å². The molecule has 0 saturated carbocycles. The zero-order valence-corrected chi connectivity index (χ0v) is 23.9. The van der Waals surface area contributed by atoms with E-state index in [0.29, 0.717) is 26.4 Å².